The normalized spacial score (nSPS) is 28.0. The summed E-state index contributed by atoms with van der Waals surface area (Å²) in [5, 5.41) is 9.11. The van der Waals surface area contributed by atoms with Crippen LogP contribution >= 0.6 is 0 Å². The van der Waals surface area contributed by atoms with Crippen LogP contribution in [-0.4, -0.2) is 0 Å². The Balaban J connectivity index is 1.63. The van der Waals surface area contributed by atoms with Gasteiger partial charge in [-0.2, -0.15) is 5.26 Å². The lowest BCUT2D eigenvalue weighted by atomic mass is 9.77. The lowest BCUT2D eigenvalue weighted by Gasteiger charge is -2.29. The van der Waals surface area contributed by atoms with Gasteiger partial charge in [-0.3, -0.25) is 0 Å². The molecule has 0 bridgehead atoms. The van der Waals surface area contributed by atoms with Crippen LogP contribution < -0.4 is 0 Å². The van der Waals surface area contributed by atoms with Crippen molar-refractivity contribution in [2.75, 3.05) is 0 Å². The maximum Gasteiger partial charge on any atom is 0.0943 e. The zero-order valence-corrected chi connectivity index (χ0v) is 14.4. The molecule has 2 aliphatic rings. The molecule has 1 aromatic rings. The molecule has 3 rings (SSSR count). The molecule has 122 valence electrons. The van der Waals surface area contributed by atoms with E-state index < -0.39 is 0 Å². The number of allylic oxidation sites excluding steroid dienone is 2. The molecule has 0 radical (unpaired) electrons. The van der Waals surface area contributed by atoms with Gasteiger partial charge in [0.15, 0.2) is 0 Å². The third-order valence-electron chi connectivity index (χ3n) is 5.89. The van der Waals surface area contributed by atoms with Crippen LogP contribution in [0.25, 0.3) is 0 Å². The quantitative estimate of drug-likeness (QED) is 0.624. The number of hydrogen-bond donors (Lipinski definition) is 0. The highest BCUT2D eigenvalue weighted by Gasteiger charge is 2.22. The van der Waals surface area contributed by atoms with Crippen molar-refractivity contribution in [3.05, 3.63) is 47.0 Å². The average molecular weight is 307 g/mol. The van der Waals surface area contributed by atoms with Crippen LogP contribution in [0, 0.1) is 17.2 Å². The standard InChI is InChI=1S/C22H29N/c1-2-4-17-7-9-19(10-8-17)20-11-13-21(14-12-20)22-6-3-5-18(15-22)16-23/h11-15,17,19,22H,2-10H2,1H3. The molecule has 0 spiro atoms. The Morgan fingerprint density at radius 2 is 1.70 bits per heavy atom. The van der Waals surface area contributed by atoms with Gasteiger partial charge in [-0.1, -0.05) is 50.1 Å². The van der Waals surface area contributed by atoms with Crippen LogP contribution in [0.5, 0.6) is 0 Å². The molecule has 0 saturated heterocycles. The van der Waals surface area contributed by atoms with E-state index in [1.807, 2.05) is 0 Å². The third-order valence-corrected chi connectivity index (χ3v) is 5.89. The number of nitriles is 1. The van der Waals surface area contributed by atoms with Crippen molar-refractivity contribution >= 4 is 0 Å². The van der Waals surface area contributed by atoms with Crippen LogP contribution in [0.1, 0.15) is 87.7 Å². The zero-order chi connectivity index (χ0) is 16.1. The monoisotopic (exact) mass is 307 g/mol. The smallest absolute Gasteiger partial charge is 0.0943 e. The Morgan fingerprint density at radius 3 is 2.35 bits per heavy atom. The van der Waals surface area contributed by atoms with Crippen molar-refractivity contribution in [3.63, 3.8) is 0 Å². The first-order valence-electron chi connectivity index (χ1n) is 9.50. The first-order chi connectivity index (χ1) is 11.3. The summed E-state index contributed by atoms with van der Waals surface area (Å²) < 4.78 is 0. The molecule has 23 heavy (non-hydrogen) atoms. The molecule has 1 nitrogen and oxygen atoms in total. The lowest BCUT2D eigenvalue weighted by molar-refractivity contribution is 0.308. The fourth-order valence-electron chi connectivity index (χ4n) is 4.49. The highest BCUT2D eigenvalue weighted by molar-refractivity contribution is 5.34. The molecule has 0 aliphatic heterocycles. The molecule has 1 saturated carbocycles. The van der Waals surface area contributed by atoms with Gasteiger partial charge in [0.2, 0.25) is 0 Å². The van der Waals surface area contributed by atoms with Crippen LogP contribution in [-0.2, 0) is 0 Å². The van der Waals surface area contributed by atoms with E-state index >= 15 is 0 Å². The molecule has 1 aromatic carbocycles. The molecule has 0 heterocycles. The summed E-state index contributed by atoms with van der Waals surface area (Å²) in [5.41, 5.74) is 3.89. The summed E-state index contributed by atoms with van der Waals surface area (Å²) in [6.45, 7) is 2.31. The fourth-order valence-corrected chi connectivity index (χ4v) is 4.49. The minimum absolute atomic E-state index is 0.452. The van der Waals surface area contributed by atoms with Crippen LogP contribution in [0.15, 0.2) is 35.9 Å². The van der Waals surface area contributed by atoms with Gasteiger partial charge in [-0.25, -0.2) is 0 Å². The lowest BCUT2D eigenvalue weighted by Crippen LogP contribution is -2.13. The van der Waals surface area contributed by atoms with Crippen molar-refractivity contribution in [1.82, 2.24) is 0 Å². The minimum Gasteiger partial charge on any atom is -0.193 e. The number of nitrogens with zero attached hydrogens (tertiary/aromatic N) is 1. The maximum atomic E-state index is 9.11. The Kier molecular flexibility index (Phi) is 5.55. The number of benzene rings is 1. The van der Waals surface area contributed by atoms with Gasteiger partial charge < -0.3 is 0 Å². The van der Waals surface area contributed by atoms with Gasteiger partial charge in [0.05, 0.1) is 6.07 Å². The average Bonchev–Trinajstić information content (AvgIpc) is 2.63. The Labute approximate surface area is 141 Å². The Morgan fingerprint density at radius 1 is 1.00 bits per heavy atom. The van der Waals surface area contributed by atoms with E-state index in [1.165, 1.54) is 56.1 Å². The zero-order valence-electron chi connectivity index (χ0n) is 14.4. The molecule has 0 N–H and O–H groups in total. The molecule has 1 atom stereocenters. The van der Waals surface area contributed by atoms with Crippen molar-refractivity contribution in [2.45, 2.75) is 76.5 Å². The van der Waals surface area contributed by atoms with E-state index in [9.17, 15) is 0 Å². The van der Waals surface area contributed by atoms with Crippen molar-refractivity contribution in [3.8, 4) is 6.07 Å². The largest absolute Gasteiger partial charge is 0.193 e. The summed E-state index contributed by atoms with van der Waals surface area (Å²) in [7, 11) is 0. The van der Waals surface area contributed by atoms with Crippen LogP contribution in [0.4, 0.5) is 0 Å². The van der Waals surface area contributed by atoms with Gasteiger partial charge in [-0.05, 0) is 67.9 Å². The molecular formula is C22H29N. The molecule has 1 fully saturated rings. The second-order valence-electron chi connectivity index (χ2n) is 7.48. The fraction of sp³-hybridized carbons (Fsp3) is 0.591. The second-order valence-corrected chi connectivity index (χ2v) is 7.48. The van der Waals surface area contributed by atoms with Gasteiger partial charge in [-0.15, -0.1) is 0 Å². The first-order valence-corrected chi connectivity index (χ1v) is 9.50. The topological polar surface area (TPSA) is 23.8 Å². The molecule has 1 unspecified atom stereocenters. The predicted octanol–water partition coefficient (Wildman–Crippen LogP) is 6.48. The van der Waals surface area contributed by atoms with E-state index in [1.54, 1.807) is 0 Å². The maximum absolute atomic E-state index is 9.11. The van der Waals surface area contributed by atoms with E-state index in [4.69, 9.17) is 5.26 Å². The summed E-state index contributed by atoms with van der Waals surface area (Å²) in [5.74, 6) is 2.20. The third kappa shape index (κ3) is 4.05. The molecule has 0 amide bonds. The van der Waals surface area contributed by atoms with Gasteiger partial charge >= 0.3 is 0 Å². The highest BCUT2D eigenvalue weighted by atomic mass is 14.3. The van der Waals surface area contributed by atoms with Crippen molar-refractivity contribution in [1.29, 1.82) is 5.26 Å². The van der Waals surface area contributed by atoms with Crippen molar-refractivity contribution < 1.29 is 0 Å². The van der Waals surface area contributed by atoms with Gasteiger partial charge in [0.25, 0.3) is 0 Å². The van der Waals surface area contributed by atoms with E-state index in [0.717, 1.165) is 30.3 Å². The summed E-state index contributed by atoms with van der Waals surface area (Å²) >= 11 is 0. The minimum atomic E-state index is 0.452. The van der Waals surface area contributed by atoms with E-state index in [0.29, 0.717) is 5.92 Å². The first kappa shape index (κ1) is 16.3. The van der Waals surface area contributed by atoms with E-state index in [-0.39, 0.29) is 0 Å². The van der Waals surface area contributed by atoms with E-state index in [2.05, 4.69) is 43.3 Å². The Hall–Kier alpha value is -1.55. The molecule has 1 heteroatoms. The summed E-state index contributed by atoms with van der Waals surface area (Å²) in [6, 6.07) is 11.7. The van der Waals surface area contributed by atoms with Crippen molar-refractivity contribution in [2.24, 2.45) is 5.92 Å². The SMILES string of the molecule is CCCC1CCC(c2ccc(C3C=C(C#N)CCC3)cc2)CC1. The van der Waals surface area contributed by atoms with Crippen LogP contribution in [0.3, 0.4) is 0 Å². The van der Waals surface area contributed by atoms with Crippen LogP contribution in [0.2, 0.25) is 0 Å². The molecule has 2 aliphatic carbocycles. The summed E-state index contributed by atoms with van der Waals surface area (Å²) in [4.78, 5) is 0. The molecular weight excluding hydrogens is 278 g/mol. The van der Waals surface area contributed by atoms with Gasteiger partial charge in [0, 0.05) is 11.5 Å². The molecule has 0 aromatic heterocycles. The number of rotatable bonds is 4. The highest BCUT2D eigenvalue weighted by Crippen LogP contribution is 2.38. The number of hydrogen-bond acceptors (Lipinski definition) is 1. The summed E-state index contributed by atoms with van der Waals surface area (Å²) in [6.07, 6.45) is 13.8. The predicted molar refractivity (Wildman–Crippen MR) is 96.3 cm³/mol. The van der Waals surface area contributed by atoms with Gasteiger partial charge in [0.1, 0.15) is 0 Å². The Bertz CT molecular complexity index is 567. The second kappa shape index (κ2) is 7.82.